The van der Waals surface area contributed by atoms with Gasteiger partial charge < -0.3 is 15.6 Å². The first-order valence-corrected chi connectivity index (χ1v) is 4.16. The summed E-state index contributed by atoms with van der Waals surface area (Å²) in [5.41, 5.74) is 5.46. The molecular formula is C8H15N5. The van der Waals surface area contributed by atoms with E-state index >= 15 is 0 Å². The predicted octanol–water partition coefficient (Wildman–Crippen LogP) is -0.503. The molecule has 1 heterocycles. The van der Waals surface area contributed by atoms with Gasteiger partial charge in [0.05, 0.1) is 0 Å². The summed E-state index contributed by atoms with van der Waals surface area (Å²) in [6.45, 7) is 0.758. The maximum Gasteiger partial charge on any atom is 0.188 e. The zero-order chi connectivity index (χ0) is 9.68. The molecule has 0 amide bonds. The summed E-state index contributed by atoms with van der Waals surface area (Å²) in [5.74, 6) is 1.51. The van der Waals surface area contributed by atoms with Crippen LogP contribution in [0.25, 0.3) is 0 Å². The molecule has 0 unspecified atom stereocenters. The van der Waals surface area contributed by atoms with Gasteiger partial charge in [0.15, 0.2) is 5.96 Å². The van der Waals surface area contributed by atoms with Crippen LogP contribution in [0.4, 0.5) is 0 Å². The third-order valence-electron chi connectivity index (χ3n) is 1.82. The number of nitrogens with zero attached hydrogens (tertiary/aromatic N) is 3. The van der Waals surface area contributed by atoms with Crippen LogP contribution < -0.4 is 11.1 Å². The molecule has 0 atom stereocenters. The van der Waals surface area contributed by atoms with E-state index in [1.807, 2.05) is 17.8 Å². The lowest BCUT2D eigenvalue weighted by atomic mass is 10.4. The van der Waals surface area contributed by atoms with Gasteiger partial charge in [-0.15, -0.1) is 0 Å². The van der Waals surface area contributed by atoms with Crippen molar-refractivity contribution in [2.75, 3.05) is 13.6 Å². The first-order valence-electron chi connectivity index (χ1n) is 4.16. The van der Waals surface area contributed by atoms with Gasteiger partial charge in [0.25, 0.3) is 0 Å². The molecule has 0 saturated carbocycles. The Bertz CT molecular complexity index is 288. The highest BCUT2D eigenvalue weighted by atomic mass is 15.1. The Morgan fingerprint density at radius 3 is 3.08 bits per heavy atom. The fourth-order valence-electron chi connectivity index (χ4n) is 1.02. The van der Waals surface area contributed by atoms with E-state index in [9.17, 15) is 0 Å². The van der Waals surface area contributed by atoms with E-state index < -0.39 is 0 Å². The number of aryl methyl sites for hydroxylation is 1. The molecule has 0 radical (unpaired) electrons. The molecule has 0 aliphatic carbocycles. The number of aromatic nitrogens is 2. The van der Waals surface area contributed by atoms with Gasteiger partial charge in [-0.3, -0.25) is 4.99 Å². The SMILES string of the molecule is CN=C(N)NCCc1nccn1C. The fourth-order valence-corrected chi connectivity index (χ4v) is 1.02. The average molecular weight is 181 g/mol. The molecule has 5 heteroatoms. The molecule has 0 fully saturated rings. The molecule has 1 aromatic heterocycles. The van der Waals surface area contributed by atoms with E-state index in [4.69, 9.17) is 5.73 Å². The van der Waals surface area contributed by atoms with Crippen molar-refractivity contribution in [2.45, 2.75) is 6.42 Å². The molecule has 0 bridgehead atoms. The molecule has 72 valence electrons. The van der Waals surface area contributed by atoms with Crippen molar-refractivity contribution in [3.05, 3.63) is 18.2 Å². The maximum atomic E-state index is 5.46. The molecule has 0 aliphatic rings. The van der Waals surface area contributed by atoms with Crippen molar-refractivity contribution < 1.29 is 0 Å². The molecular weight excluding hydrogens is 166 g/mol. The standard InChI is InChI=1S/C8H15N5/c1-10-8(9)12-4-3-7-11-5-6-13(7)2/h5-6H,3-4H2,1-2H3,(H3,9,10,12). The second-order valence-electron chi connectivity index (χ2n) is 2.74. The molecule has 0 aromatic carbocycles. The summed E-state index contributed by atoms with van der Waals surface area (Å²) < 4.78 is 1.99. The lowest BCUT2D eigenvalue weighted by Crippen LogP contribution is -2.33. The quantitative estimate of drug-likeness (QED) is 0.488. The minimum absolute atomic E-state index is 0.467. The smallest absolute Gasteiger partial charge is 0.188 e. The van der Waals surface area contributed by atoms with Gasteiger partial charge in [0.1, 0.15) is 5.82 Å². The van der Waals surface area contributed by atoms with Crippen molar-refractivity contribution in [1.29, 1.82) is 0 Å². The summed E-state index contributed by atoms with van der Waals surface area (Å²) in [5, 5.41) is 2.97. The first kappa shape index (κ1) is 9.57. The fraction of sp³-hybridized carbons (Fsp3) is 0.500. The van der Waals surface area contributed by atoms with E-state index in [1.54, 1.807) is 13.2 Å². The van der Waals surface area contributed by atoms with Gasteiger partial charge >= 0.3 is 0 Å². The van der Waals surface area contributed by atoms with Crippen molar-refractivity contribution in [3.63, 3.8) is 0 Å². The monoisotopic (exact) mass is 181 g/mol. The molecule has 5 nitrogen and oxygen atoms in total. The zero-order valence-electron chi connectivity index (χ0n) is 7.99. The molecule has 0 saturated heterocycles. The van der Waals surface area contributed by atoms with Crippen LogP contribution in [0, 0.1) is 0 Å². The molecule has 0 spiro atoms. The van der Waals surface area contributed by atoms with Gasteiger partial charge in [-0.05, 0) is 0 Å². The van der Waals surface area contributed by atoms with Gasteiger partial charge in [-0.1, -0.05) is 0 Å². The lowest BCUT2D eigenvalue weighted by molar-refractivity contribution is 0.746. The van der Waals surface area contributed by atoms with E-state index in [0.717, 1.165) is 18.8 Å². The van der Waals surface area contributed by atoms with Crippen LogP contribution in [-0.2, 0) is 13.5 Å². The van der Waals surface area contributed by atoms with E-state index in [0.29, 0.717) is 5.96 Å². The number of hydrogen-bond acceptors (Lipinski definition) is 2. The third kappa shape index (κ3) is 2.77. The van der Waals surface area contributed by atoms with Crippen molar-refractivity contribution >= 4 is 5.96 Å². The summed E-state index contributed by atoms with van der Waals surface area (Å²) in [6.07, 6.45) is 4.55. The van der Waals surface area contributed by atoms with E-state index in [2.05, 4.69) is 15.3 Å². The van der Waals surface area contributed by atoms with Crippen LogP contribution in [0.3, 0.4) is 0 Å². The summed E-state index contributed by atoms with van der Waals surface area (Å²) in [6, 6.07) is 0. The molecule has 0 aliphatic heterocycles. The molecule has 1 aromatic rings. The average Bonchev–Trinajstić information content (AvgIpc) is 2.52. The Hall–Kier alpha value is -1.52. The molecule has 13 heavy (non-hydrogen) atoms. The summed E-state index contributed by atoms with van der Waals surface area (Å²) in [7, 11) is 3.63. The van der Waals surface area contributed by atoms with Crippen molar-refractivity contribution in [2.24, 2.45) is 17.8 Å². The van der Waals surface area contributed by atoms with Gasteiger partial charge in [-0.2, -0.15) is 0 Å². The highest BCUT2D eigenvalue weighted by molar-refractivity contribution is 5.77. The van der Waals surface area contributed by atoms with Gasteiger partial charge in [-0.25, -0.2) is 4.98 Å². The number of rotatable bonds is 3. The molecule has 1 rings (SSSR count). The van der Waals surface area contributed by atoms with E-state index in [1.165, 1.54) is 0 Å². The normalized spacial score (nSPS) is 11.7. The summed E-state index contributed by atoms with van der Waals surface area (Å²) in [4.78, 5) is 7.97. The Balaban J connectivity index is 2.32. The number of hydrogen-bond donors (Lipinski definition) is 2. The number of guanidine groups is 1. The van der Waals surface area contributed by atoms with Gasteiger partial charge in [0, 0.05) is 39.5 Å². The third-order valence-corrected chi connectivity index (χ3v) is 1.82. The van der Waals surface area contributed by atoms with E-state index in [-0.39, 0.29) is 0 Å². The second kappa shape index (κ2) is 4.49. The van der Waals surface area contributed by atoms with Crippen LogP contribution >= 0.6 is 0 Å². The Labute approximate surface area is 77.7 Å². The van der Waals surface area contributed by atoms with Crippen LogP contribution in [0.15, 0.2) is 17.4 Å². The number of nitrogens with one attached hydrogen (secondary N) is 1. The second-order valence-corrected chi connectivity index (χ2v) is 2.74. The van der Waals surface area contributed by atoms with Crippen LogP contribution in [0.5, 0.6) is 0 Å². The number of imidazole rings is 1. The lowest BCUT2D eigenvalue weighted by Gasteiger charge is -2.04. The highest BCUT2D eigenvalue weighted by Crippen LogP contribution is 1.93. The van der Waals surface area contributed by atoms with Crippen molar-refractivity contribution in [1.82, 2.24) is 14.9 Å². The molecule has 3 N–H and O–H groups in total. The van der Waals surface area contributed by atoms with Crippen LogP contribution in [0.2, 0.25) is 0 Å². The minimum Gasteiger partial charge on any atom is -0.370 e. The first-order chi connectivity index (χ1) is 6.24. The predicted molar refractivity (Wildman–Crippen MR) is 52.5 cm³/mol. The van der Waals surface area contributed by atoms with Crippen LogP contribution in [-0.4, -0.2) is 29.1 Å². The minimum atomic E-state index is 0.467. The van der Waals surface area contributed by atoms with Crippen LogP contribution in [0.1, 0.15) is 5.82 Å². The number of nitrogens with two attached hydrogens (primary N) is 1. The largest absolute Gasteiger partial charge is 0.370 e. The van der Waals surface area contributed by atoms with Crippen molar-refractivity contribution in [3.8, 4) is 0 Å². The zero-order valence-corrected chi connectivity index (χ0v) is 7.99. The topological polar surface area (TPSA) is 68.2 Å². The maximum absolute atomic E-state index is 5.46. The Kier molecular flexibility index (Phi) is 3.31. The Morgan fingerprint density at radius 1 is 1.77 bits per heavy atom. The van der Waals surface area contributed by atoms with Gasteiger partial charge in [0.2, 0.25) is 0 Å². The highest BCUT2D eigenvalue weighted by Gasteiger charge is 1.97. The summed E-state index contributed by atoms with van der Waals surface area (Å²) >= 11 is 0. The number of aliphatic imine (C=N–C) groups is 1. The Morgan fingerprint density at radius 2 is 2.54 bits per heavy atom.